The fourth-order valence-electron chi connectivity index (χ4n) is 1.90. The fraction of sp³-hybridized carbons (Fsp3) is 0.250. The first-order valence-corrected chi connectivity index (χ1v) is 5.51. The molecule has 18 heavy (non-hydrogen) atoms. The van der Waals surface area contributed by atoms with Crippen molar-refractivity contribution in [2.45, 2.75) is 20.8 Å². The quantitative estimate of drug-likeness (QED) is 0.361. The highest BCUT2D eigenvalue weighted by Gasteiger charge is 2.14. The van der Waals surface area contributed by atoms with Crippen molar-refractivity contribution >= 4 is 5.84 Å². The molecule has 0 aliphatic heterocycles. The minimum Gasteiger partial charge on any atom is -0.409 e. The zero-order chi connectivity index (χ0) is 13.3. The lowest BCUT2D eigenvalue weighted by atomic mass is 10.1. The summed E-state index contributed by atoms with van der Waals surface area (Å²) in [6.45, 7) is 5.61. The van der Waals surface area contributed by atoms with Crippen LogP contribution in [0.15, 0.2) is 23.5 Å². The summed E-state index contributed by atoms with van der Waals surface area (Å²) in [6.07, 6.45) is 1.83. The zero-order valence-electron chi connectivity index (χ0n) is 10.5. The van der Waals surface area contributed by atoms with Gasteiger partial charge in [0, 0.05) is 11.9 Å². The Labute approximate surface area is 105 Å². The summed E-state index contributed by atoms with van der Waals surface area (Å²) < 4.78 is 1.70. The summed E-state index contributed by atoms with van der Waals surface area (Å²) in [6, 6.07) is 3.74. The predicted molar refractivity (Wildman–Crippen MR) is 68.1 cm³/mol. The Hall–Kier alpha value is -2.37. The maximum Gasteiger partial charge on any atom is 0.174 e. The number of rotatable bonds is 2. The first-order chi connectivity index (χ1) is 8.52. The molecule has 0 spiro atoms. The maximum atomic E-state index is 8.86. The molecular weight excluding hydrogens is 230 g/mol. The van der Waals surface area contributed by atoms with Gasteiger partial charge in [-0.25, -0.2) is 4.68 Å². The summed E-state index contributed by atoms with van der Waals surface area (Å²) in [7, 11) is 0. The number of pyridine rings is 1. The topological polar surface area (TPSA) is 89.3 Å². The van der Waals surface area contributed by atoms with Gasteiger partial charge in [0.15, 0.2) is 5.84 Å². The lowest BCUT2D eigenvalue weighted by Crippen LogP contribution is -2.19. The first-order valence-electron chi connectivity index (χ1n) is 5.51. The molecule has 2 rings (SSSR count). The molecule has 6 nitrogen and oxygen atoms in total. The maximum absolute atomic E-state index is 8.86. The second kappa shape index (κ2) is 4.48. The SMILES string of the molecule is Cc1cc(-n2ccc(C)n2)c(/C(N)=N/O)c(C)n1. The molecule has 0 saturated carbocycles. The molecule has 3 N–H and O–H groups in total. The standard InChI is InChI=1S/C12H15N5O/c1-7-4-5-17(15-7)10-6-8(2)14-9(3)11(10)12(13)16-18/h4-6,18H,1-3H3,(H2,13,16). The molecule has 0 bridgehead atoms. The van der Waals surface area contributed by atoms with Gasteiger partial charge in [-0.15, -0.1) is 0 Å². The molecule has 2 heterocycles. The number of aromatic nitrogens is 3. The summed E-state index contributed by atoms with van der Waals surface area (Å²) >= 11 is 0. The van der Waals surface area contributed by atoms with Crippen molar-refractivity contribution in [2.24, 2.45) is 10.9 Å². The molecule has 0 aliphatic carbocycles. The van der Waals surface area contributed by atoms with E-state index in [1.165, 1.54) is 0 Å². The third-order valence-electron chi connectivity index (χ3n) is 2.64. The van der Waals surface area contributed by atoms with Crippen molar-refractivity contribution in [1.29, 1.82) is 0 Å². The number of aryl methyl sites for hydroxylation is 3. The first kappa shape index (κ1) is 12.1. The van der Waals surface area contributed by atoms with Crippen molar-refractivity contribution in [1.82, 2.24) is 14.8 Å². The minimum atomic E-state index is 0.0307. The molecule has 6 heteroatoms. The van der Waals surface area contributed by atoms with Crippen LogP contribution in [0.2, 0.25) is 0 Å². The van der Waals surface area contributed by atoms with Gasteiger partial charge in [-0.3, -0.25) is 4.98 Å². The van der Waals surface area contributed by atoms with Gasteiger partial charge in [0.2, 0.25) is 0 Å². The molecule has 2 aromatic rings. The van der Waals surface area contributed by atoms with Crippen molar-refractivity contribution in [3.63, 3.8) is 0 Å². The number of hydrogen-bond acceptors (Lipinski definition) is 4. The van der Waals surface area contributed by atoms with Crippen molar-refractivity contribution < 1.29 is 5.21 Å². The molecule has 94 valence electrons. The van der Waals surface area contributed by atoms with E-state index in [-0.39, 0.29) is 5.84 Å². The van der Waals surface area contributed by atoms with Gasteiger partial charge in [-0.1, -0.05) is 5.16 Å². The molecular formula is C12H15N5O. The second-order valence-corrected chi connectivity index (χ2v) is 4.13. The Bertz CT molecular complexity index is 615. The second-order valence-electron chi connectivity index (χ2n) is 4.13. The highest BCUT2D eigenvalue weighted by atomic mass is 16.4. The number of oxime groups is 1. The van der Waals surface area contributed by atoms with Gasteiger partial charge in [0.25, 0.3) is 0 Å². The largest absolute Gasteiger partial charge is 0.409 e. The van der Waals surface area contributed by atoms with Crippen LogP contribution >= 0.6 is 0 Å². The number of nitrogens with zero attached hydrogens (tertiary/aromatic N) is 4. The van der Waals surface area contributed by atoms with Gasteiger partial charge < -0.3 is 10.9 Å². The molecule has 0 saturated heterocycles. The summed E-state index contributed by atoms with van der Waals surface area (Å²) in [5.74, 6) is 0.0307. The van der Waals surface area contributed by atoms with E-state index in [0.717, 1.165) is 17.1 Å². The average Bonchev–Trinajstić information content (AvgIpc) is 2.74. The molecule has 0 amide bonds. The average molecular weight is 245 g/mol. The van der Waals surface area contributed by atoms with Gasteiger partial charge in [-0.2, -0.15) is 5.10 Å². The number of amidine groups is 1. The van der Waals surface area contributed by atoms with Crippen molar-refractivity contribution in [3.05, 3.63) is 41.0 Å². The Morgan fingerprint density at radius 1 is 1.33 bits per heavy atom. The van der Waals surface area contributed by atoms with E-state index in [4.69, 9.17) is 10.9 Å². The Morgan fingerprint density at radius 2 is 2.06 bits per heavy atom. The van der Waals surface area contributed by atoms with Crippen LogP contribution in [-0.4, -0.2) is 25.8 Å². The van der Waals surface area contributed by atoms with Crippen LogP contribution in [0, 0.1) is 20.8 Å². The van der Waals surface area contributed by atoms with Gasteiger partial charge in [0.1, 0.15) is 0 Å². The van der Waals surface area contributed by atoms with E-state index >= 15 is 0 Å². The molecule has 0 aromatic carbocycles. The van der Waals surface area contributed by atoms with Crippen LogP contribution < -0.4 is 5.73 Å². The normalized spacial score (nSPS) is 11.8. The fourth-order valence-corrected chi connectivity index (χ4v) is 1.90. The molecule has 0 radical (unpaired) electrons. The van der Waals surface area contributed by atoms with Crippen LogP contribution in [0.25, 0.3) is 5.69 Å². The third kappa shape index (κ3) is 2.04. The Balaban J connectivity index is 2.72. The molecule has 0 unspecified atom stereocenters. The van der Waals surface area contributed by atoms with Gasteiger partial charge in [-0.05, 0) is 32.9 Å². The third-order valence-corrected chi connectivity index (χ3v) is 2.64. The summed E-state index contributed by atoms with van der Waals surface area (Å²) in [5, 5.41) is 16.3. The number of nitrogens with two attached hydrogens (primary N) is 1. The monoisotopic (exact) mass is 245 g/mol. The number of hydrogen-bond donors (Lipinski definition) is 2. The summed E-state index contributed by atoms with van der Waals surface area (Å²) in [4.78, 5) is 4.32. The smallest absolute Gasteiger partial charge is 0.174 e. The lowest BCUT2D eigenvalue weighted by molar-refractivity contribution is 0.318. The minimum absolute atomic E-state index is 0.0307. The van der Waals surface area contributed by atoms with Gasteiger partial charge >= 0.3 is 0 Å². The van der Waals surface area contributed by atoms with Gasteiger partial charge in [0.05, 0.1) is 22.6 Å². The van der Waals surface area contributed by atoms with Crippen LogP contribution in [0.3, 0.4) is 0 Å². The highest BCUT2D eigenvalue weighted by Crippen LogP contribution is 2.18. The van der Waals surface area contributed by atoms with Crippen LogP contribution in [0.4, 0.5) is 0 Å². The molecule has 2 aromatic heterocycles. The molecule has 0 fully saturated rings. The van der Waals surface area contributed by atoms with E-state index in [1.54, 1.807) is 4.68 Å². The van der Waals surface area contributed by atoms with E-state index in [1.807, 2.05) is 39.1 Å². The van der Waals surface area contributed by atoms with Crippen molar-refractivity contribution in [3.8, 4) is 5.69 Å². The lowest BCUT2D eigenvalue weighted by Gasteiger charge is -2.12. The predicted octanol–water partition coefficient (Wildman–Crippen LogP) is 1.29. The van der Waals surface area contributed by atoms with E-state index in [2.05, 4.69) is 15.2 Å². The molecule has 0 aliphatic rings. The van der Waals surface area contributed by atoms with E-state index < -0.39 is 0 Å². The highest BCUT2D eigenvalue weighted by molar-refractivity contribution is 6.01. The van der Waals surface area contributed by atoms with E-state index in [0.29, 0.717) is 11.3 Å². The van der Waals surface area contributed by atoms with Crippen LogP contribution in [-0.2, 0) is 0 Å². The molecule has 0 atom stereocenters. The van der Waals surface area contributed by atoms with Crippen LogP contribution in [0.1, 0.15) is 22.6 Å². The van der Waals surface area contributed by atoms with Crippen LogP contribution in [0.5, 0.6) is 0 Å². The Kier molecular flexibility index (Phi) is 3.01. The van der Waals surface area contributed by atoms with E-state index in [9.17, 15) is 0 Å². The zero-order valence-corrected chi connectivity index (χ0v) is 10.5. The Morgan fingerprint density at radius 3 is 2.61 bits per heavy atom. The van der Waals surface area contributed by atoms with Crippen molar-refractivity contribution in [2.75, 3.05) is 0 Å². The summed E-state index contributed by atoms with van der Waals surface area (Å²) in [5.41, 5.74) is 9.50.